The molecule has 0 unspecified atom stereocenters. The summed E-state index contributed by atoms with van der Waals surface area (Å²) in [5.74, 6) is 0.674. The van der Waals surface area contributed by atoms with Crippen LogP contribution in [0.1, 0.15) is 16.8 Å². The van der Waals surface area contributed by atoms with E-state index >= 15 is 0 Å². The molecule has 0 saturated carbocycles. The van der Waals surface area contributed by atoms with Crippen LogP contribution in [-0.2, 0) is 4.79 Å². The van der Waals surface area contributed by atoms with Gasteiger partial charge in [-0.1, -0.05) is 30.3 Å². The number of rotatable bonds is 6. The molecule has 0 fully saturated rings. The lowest BCUT2D eigenvalue weighted by atomic mass is 9.98. The first-order valence-corrected chi connectivity index (χ1v) is 8.06. The van der Waals surface area contributed by atoms with E-state index in [2.05, 4.69) is 0 Å². The SMILES string of the molecule is COc1cccc2c(C(=O)CC(=O)Oc3ccccc3)ccc(OC)c12. The largest absolute Gasteiger partial charge is 0.496 e. The maximum atomic E-state index is 12.7. The molecule has 0 saturated heterocycles. The van der Waals surface area contributed by atoms with Crippen LogP contribution in [0, 0.1) is 0 Å². The van der Waals surface area contributed by atoms with Crippen molar-refractivity contribution in [1.29, 1.82) is 0 Å². The fourth-order valence-electron chi connectivity index (χ4n) is 2.81. The molecule has 0 radical (unpaired) electrons. The molecular weight excluding hydrogens is 332 g/mol. The summed E-state index contributed by atoms with van der Waals surface area (Å²) >= 11 is 0. The lowest BCUT2D eigenvalue weighted by Gasteiger charge is -2.13. The summed E-state index contributed by atoms with van der Waals surface area (Å²) < 4.78 is 16.0. The van der Waals surface area contributed by atoms with Crippen molar-refractivity contribution in [2.45, 2.75) is 6.42 Å². The Labute approximate surface area is 151 Å². The van der Waals surface area contributed by atoms with E-state index < -0.39 is 5.97 Å². The van der Waals surface area contributed by atoms with Crippen molar-refractivity contribution in [2.75, 3.05) is 14.2 Å². The highest BCUT2D eigenvalue weighted by molar-refractivity contribution is 6.15. The second-order valence-corrected chi connectivity index (χ2v) is 5.59. The van der Waals surface area contributed by atoms with Gasteiger partial charge >= 0.3 is 5.97 Å². The summed E-state index contributed by atoms with van der Waals surface area (Å²) in [4.78, 5) is 24.8. The summed E-state index contributed by atoms with van der Waals surface area (Å²) in [7, 11) is 3.11. The average molecular weight is 350 g/mol. The Morgan fingerprint density at radius 3 is 2.19 bits per heavy atom. The van der Waals surface area contributed by atoms with Gasteiger partial charge in [-0.2, -0.15) is 0 Å². The number of ether oxygens (including phenoxy) is 3. The maximum absolute atomic E-state index is 12.7. The topological polar surface area (TPSA) is 61.8 Å². The van der Waals surface area contributed by atoms with Crippen molar-refractivity contribution in [3.05, 3.63) is 66.2 Å². The molecule has 3 rings (SSSR count). The number of fused-ring (bicyclic) bond motifs is 1. The monoisotopic (exact) mass is 350 g/mol. The van der Waals surface area contributed by atoms with E-state index in [0.717, 1.165) is 0 Å². The van der Waals surface area contributed by atoms with Gasteiger partial charge in [0.15, 0.2) is 5.78 Å². The molecule has 0 N–H and O–H groups in total. The molecule has 0 amide bonds. The lowest BCUT2D eigenvalue weighted by molar-refractivity contribution is -0.133. The zero-order valence-electron chi connectivity index (χ0n) is 14.5. The molecule has 5 heteroatoms. The van der Waals surface area contributed by atoms with Crippen molar-refractivity contribution in [3.63, 3.8) is 0 Å². The van der Waals surface area contributed by atoms with E-state index in [4.69, 9.17) is 14.2 Å². The Morgan fingerprint density at radius 1 is 0.808 bits per heavy atom. The van der Waals surface area contributed by atoms with Crippen molar-refractivity contribution in [3.8, 4) is 17.2 Å². The molecule has 5 nitrogen and oxygen atoms in total. The summed E-state index contributed by atoms with van der Waals surface area (Å²) in [6, 6.07) is 17.4. The van der Waals surface area contributed by atoms with Gasteiger partial charge in [0.25, 0.3) is 0 Å². The van der Waals surface area contributed by atoms with Gasteiger partial charge < -0.3 is 14.2 Å². The standard InChI is InChI=1S/C21H18O5/c1-24-18-10-6-9-16-15(11-12-19(25-2)21(16)18)17(22)13-20(23)26-14-7-4-3-5-8-14/h3-12H,13H2,1-2H3. The molecule has 3 aromatic carbocycles. The molecule has 3 aromatic rings. The van der Waals surface area contributed by atoms with Crippen LogP contribution in [0.25, 0.3) is 10.8 Å². The van der Waals surface area contributed by atoms with E-state index in [9.17, 15) is 9.59 Å². The molecular formula is C21H18O5. The number of hydrogen-bond donors (Lipinski definition) is 0. The number of Topliss-reactive ketones (excluding diaryl/α,β-unsaturated/α-hetero) is 1. The third-order valence-electron chi connectivity index (χ3n) is 3.98. The van der Waals surface area contributed by atoms with Crippen molar-refractivity contribution < 1.29 is 23.8 Å². The smallest absolute Gasteiger partial charge is 0.319 e. The van der Waals surface area contributed by atoms with Crippen LogP contribution in [0.3, 0.4) is 0 Å². The van der Waals surface area contributed by atoms with Crippen LogP contribution in [-0.4, -0.2) is 26.0 Å². The minimum Gasteiger partial charge on any atom is -0.496 e. The number of methoxy groups -OCH3 is 2. The zero-order valence-corrected chi connectivity index (χ0v) is 14.5. The summed E-state index contributed by atoms with van der Waals surface area (Å²) in [5.41, 5.74) is 0.421. The van der Waals surface area contributed by atoms with E-state index in [1.807, 2.05) is 6.07 Å². The minimum atomic E-state index is -0.604. The first-order valence-electron chi connectivity index (χ1n) is 8.06. The molecule has 132 valence electrons. The summed E-state index contributed by atoms with van der Waals surface area (Å²) in [6.45, 7) is 0. The van der Waals surface area contributed by atoms with Crippen LogP contribution in [0.2, 0.25) is 0 Å². The number of para-hydroxylation sites is 1. The second kappa shape index (κ2) is 7.70. The first kappa shape index (κ1) is 17.5. The molecule has 0 aromatic heterocycles. The van der Waals surface area contributed by atoms with Crippen LogP contribution < -0.4 is 14.2 Å². The molecule has 0 bridgehead atoms. The van der Waals surface area contributed by atoms with Crippen molar-refractivity contribution in [1.82, 2.24) is 0 Å². The van der Waals surface area contributed by atoms with Gasteiger partial charge in [0, 0.05) is 5.56 Å². The first-order chi connectivity index (χ1) is 12.6. The Hall–Kier alpha value is -3.34. The van der Waals surface area contributed by atoms with Gasteiger partial charge in [-0.25, -0.2) is 0 Å². The second-order valence-electron chi connectivity index (χ2n) is 5.59. The highest BCUT2D eigenvalue weighted by Crippen LogP contribution is 2.36. The predicted octanol–water partition coefficient (Wildman–Crippen LogP) is 4.04. The van der Waals surface area contributed by atoms with E-state index in [-0.39, 0.29) is 12.2 Å². The summed E-state index contributed by atoms with van der Waals surface area (Å²) in [6.07, 6.45) is -0.354. The number of hydrogen-bond acceptors (Lipinski definition) is 5. The Kier molecular flexibility index (Phi) is 5.17. The van der Waals surface area contributed by atoms with Crippen LogP contribution in [0.4, 0.5) is 0 Å². The van der Waals surface area contributed by atoms with Gasteiger partial charge in [-0.15, -0.1) is 0 Å². The van der Waals surface area contributed by atoms with Gasteiger partial charge in [0.2, 0.25) is 0 Å². The number of ketones is 1. The number of carbonyl (C=O) groups is 2. The fourth-order valence-corrected chi connectivity index (χ4v) is 2.81. The molecule has 0 aliphatic carbocycles. The number of benzene rings is 3. The molecule has 0 aliphatic rings. The molecule has 26 heavy (non-hydrogen) atoms. The van der Waals surface area contributed by atoms with Gasteiger partial charge in [-0.3, -0.25) is 9.59 Å². The summed E-state index contributed by atoms with van der Waals surface area (Å²) in [5, 5.41) is 1.36. The predicted molar refractivity (Wildman–Crippen MR) is 98.1 cm³/mol. The van der Waals surface area contributed by atoms with Gasteiger partial charge in [0.1, 0.15) is 23.7 Å². The van der Waals surface area contributed by atoms with E-state index in [1.54, 1.807) is 68.8 Å². The minimum absolute atomic E-state index is 0.327. The van der Waals surface area contributed by atoms with E-state index in [1.165, 1.54) is 0 Å². The van der Waals surface area contributed by atoms with Crippen LogP contribution in [0.15, 0.2) is 60.7 Å². The molecule has 0 heterocycles. The third-order valence-corrected chi connectivity index (χ3v) is 3.98. The Balaban J connectivity index is 1.90. The zero-order chi connectivity index (χ0) is 18.5. The van der Waals surface area contributed by atoms with Crippen LogP contribution in [0.5, 0.6) is 17.2 Å². The Morgan fingerprint density at radius 2 is 1.50 bits per heavy atom. The number of esters is 1. The fraction of sp³-hybridized carbons (Fsp3) is 0.143. The highest BCUT2D eigenvalue weighted by Gasteiger charge is 2.19. The molecule has 0 atom stereocenters. The van der Waals surface area contributed by atoms with E-state index in [0.29, 0.717) is 33.6 Å². The highest BCUT2D eigenvalue weighted by atomic mass is 16.5. The van der Waals surface area contributed by atoms with Gasteiger partial charge in [-0.05, 0) is 35.7 Å². The number of carbonyl (C=O) groups excluding carboxylic acids is 2. The Bertz CT molecular complexity index is 937. The van der Waals surface area contributed by atoms with Gasteiger partial charge in [0.05, 0.1) is 19.6 Å². The van der Waals surface area contributed by atoms with Crippen molar-refractivity contribution in [2.24, 2.45) is 0 Å². The lowest BCUT2D eigenvalue weighted by Crippen LogP contribution is -2.14. The molecule has 0 spiro atoms. The van der Waals surface area contributed by atoms with Crippen LogP contribution >= 0.6 is 0 Å². The van der Waals surface area contributed by atoms with Crippen molar-refractivity contribution >= 4 is 22.5 Å². The normalized spacial score (nSPS) is 10.4. The maximum Gasteiger partial charge on any atom is 0.319 e. The third kappa shape index (κ3) is 3.52. The quantitative estimate of drug-likeness (QED) is 0.291. The average Bonchev–Trinajstić information content (AvgIpc) is 2.67. The molecule has 0 aliphatic heterocycles.